The standard InChI is InChI=1S/C21H23ClN4O3/c1-4-26-13(2)5-10-17(21(26)28)20-24-19(29-25-20)12-11-18(27)23-14(3)15-6-8-16(22)9-7-15/h5-10,14H,4,11-12H2,1-3H3,(H,23,27). The summed E-state index contributed by atoms with van der Waals surface area (Å²) in [6.07, 6.45) is 0.493. The average Bonchev–Trinajstić information content (AvgIpc) is 3.16. The highest BCUT2D eigenvalue weighted by Gasteiger charge is 2.16. The number of amides is 1. The molecule has 0 saturated heterocycles. The van der Waals surface area contributed by atoms with E-state index in [-0.39, 0.29) is 29.8 Å². The van der Waals surface area contributed by atoms with E-state index in [1.807, 2.05) is 39.0 Å². The molecule has 29 heavy (non-hydrogen) atoms. The highest BCUT2D eigenvalue weighted by molar-refractivity contribution is 6.30. The third-order valence-corrected chi connectivity index (χ3v) is 4.98. The predicted octanol–water partition coefficient (Wildman–Crippen LogP) is 3.69. The quantitative estimate of drug-likeness (QED) is 0.636. The minimum Gasteiger partial charge on any atom is -0.350 e. The summed E-state index contributed by atoms with van der Waals surface area (Å²) in [5, 5.41) is 7.48. The number of halogens is 1. The number of aryl methyl sites for hydroxylation is 2. The summed E-state index contributed by atoms with van der Waals surface area (Å²) in [5.74, 6) is 0.426. The molecule has 2 heterocycles. The fourth-order valence-corrected chi connectivity index (χ4v) is 3.19. The Morgan fingerprint density at radius 1 is 1.24 bits per heavy atom. The van der Waals surface area contributed by atoms with Crippen LogP contribution < -0.4 is 10.9 Å². The Hall–Kier alpha value is -2.93. The van der Waals surface area contributed by atoms with Crippen molar-refractivity contribution < 1.29 is 9.32 Å². The van der Waals surface area contributed by atoms with E-state index in [9.17, 15) is 9.59 Å². The number of aromatic nitrogens is 3. The summed E-state index contributed by atoms with van der Waals surface area (Å²) in [6, 6.07) is 10.7. The summed E-state index contributed by atoms with van der Waals surface area (Å²) < 4.78 is 6.88. The minimum absolute atomic E-state index is 0.129. The first-order chi connectivity index (χ1) is 13.9. The van der Waals surface area contributed by atoms with Crippen LogP contribution in [0.4, 0.5) is 0 Å². The number of nitrogens with one attached hydrogen (secondary N) is 1. The Kier molecular flexibility index (Phi) is 6.49. The van der Waals surface area contributed by atoms with Gasteiger partial charge in [0.2, 0.25) is 17.6 Å². The predicted molar refractivity (Wildman–Crippen MR) is 111 cm³/mol. The van der Waals surface area contributed by atoms with Gasteiger partial charge in [-0.1, -0.05) is 28.9 Å². The molecule has 0 aliphatic heterocycles. The normalized spacial score (nSPS) is 12.0. The van der Waals surface area contributed by atoms with Crippen LogP contribution >= 0.6 is 11.6 Å². The third-order valence-electron chi connectivity index (χ3n) is 4.73. The number of rotatable bonds is 7. The highest BCUT2D eigenvalue weighted by atomic mass is 35.5. The molecule has 1 amide bonds. The molecule has 0 radical (unpaired) electrons. The zero-order chi connectivity index (χ0) is 21.0. The maximum Gasteiger partial charge on any atom is 0.261 e. The van der Waals surface area contributed by atoms with Gasteiger partial charge >= 0.3 is 0 Å². The van der Waals surface area contributed by atoms with Crippen molar-refractivity contribution in [1.82, 2.24) is 20.0 Å². The Labute approximate surface area is 173 Å². The fourth-order valence-electron chi connectivity index (χ4n) is 3.07. The topological polar surface area (TPSA) is 90.0 Å². The summed E-state index contributed by atoms with van der Waals surface area (Å²) in [7, 11) is 0. The number of hydrogen-bond donors (Lipinski definition) is 1. The van der Waals surface area contributed by atoms with Gasteiger partial charge in [0.25, 0.3) is 5.56 Å². The molecule has 0 spiro atoms. The van der Waals surface area contributed by atoms with E-state index in [1.165, 1.54) is 0 Å². The number of pyridine rings is 1. The van der Waals surface area contributed by atoms with Gasteiger partial charge in [-0.2, -0.15) is 4.98 Å². The number of hydrogen-bond acceptors (Lipinski definition) is 5. The van der Waals surface area contributed by atoms with Crippen molar-refractivity contribution in [3.05, 3.63) is 68.9 Å². The number of nitrogens with zero attached hydrogens (tertiary/aromatic N) is 3. The minimum atomic E-state index is -0.158. The molecule has 3 rings (SSSR count). The molecule has 1 N–H and O–H groups in total. The van der Waals surface area contributed by atoms with Crippen LogP contribution in [-0.2, 0) is 17.8 Å². The lowest BCUT2D eigenvalue weighted by Crippen LogP contribution is -2.26. The Balaban J connectivity index is 1.61. The van der Waals surface area contributed by atoms with E-state index in [1.54, 1.807) is 22.8 Å². The van der Waals surface area contributed by atoms with Gasteiger partial charge in [-0.15, -0.1) is 0 Å². The van der Waals surface area contributed by atoms with E-state index in [4.69, 9.17) is 16.1 Å². The highest BCUT2D eigenvalue weighted by Crippen LogP contribution is 2.17. The second-order valence-corrected chi connectivity index (χ2v) is 7.23. The van der Waals surface area contributed by atoms with Gasteiger partial charge < -0.3 is 14.4 Å². The molecule has 0 bridgehead atoms. The Morgan fingerprint density at radius 3 is 2.66 bits per heavy atom. The lowest BCUT2D eigenvalue weighted by molar-refractivity contribution is -0.121. The first-order valence-corrected chi connectivity index (χ1v) is 9.85. The molecule has 1 aromatic carbocycles. The molecular weight excluding hydrogens is 392 g/mol. The second-order valence-electron chi connectivity index (χ2n) is 6.79. The van der Waals surface area contributed by atoms with E-state index in [0.29, 0.717) is 29.4 Å². The van der Waals surface area contributed by atoms with Crippen LogP contribution in [0.15, 0.2) is 45.7 Å². The number of benzene rings is 1. The zero-order valence-electron chi connectivity index (χ0n) is 16.6. The molecule has 0 fully saturated rings. The van der Waals surface area contributed by atoms with Crippen molar-refractivity contribution in [3.63, 3.8) is 0 Å². The molecule has 152 valence electrons. The molecule has 2 aromatic heterocycles. The summed E-state index contributed by atoms with van der Waals surface area (Å²) in [6.45, 7) is 6.25. The first kappa shape index (κ1) is 20.8. The smallest absolute Gasteiger partial charge is 0.261 e. The summed E-state index contributed by atoms with van der Waals surface area (Å²) >= 11 is 5.89. The van der Waals surface area contributed by atoms with Crippen molar-refractivity contribution in [2.45, 2.75) is 46.2 Å². The lowest BCUT2D eigenvalue weighted by atomic mass is 10.1. The number of carbonyl (C=O) groups is 1. The largest absolute Gasteiger partial charge is 0.350 e. The molecule has 7 nitrogen and oxygen atoms in total. The van der Waals surface area contributed by atoms with Crippen LogP contribution in [0.5, 0.6) is 0 Å². The maximum absolute atomic E-state index is 12.5. The molecule has 8 heteroatoms. The van der Waals surface area contributed by atoms with E-state index >= 15 is 0 Å². The van der Waals surface area contributed by atoms with Crippen molar-refractivity contribution >= 4 is 17.5 Å². The Bertz CT molecular complexity index is 1060. The van der Waals surface area contributed by atoms with Gasteiger partial charge in [0, 0.05) is 30.1 Å². The first-order valence-electron chi connectivity index (χ1n) is 9.47. The van der Waals surface area contributed by atoms with Crippen molar-refractivity contribution in [1.29, 1.82) is 0 Å². The van der Waals surface area contributed by atoms with Crippen molar-refractivity contribution in [2.75, 3.05) is 0 Å². The van der Waals surface area contributed by atoms with Gasteiger partial charge in [0.05, 0.1) is 11.6 Å². The molecule has 0 saturated carbocycles. The van der Waals surface area contributed by atoms with Gasteiger partial charge in [-0.05, 0) is 50.6 Å². The lowest BCUT2D eigenvalue weighted by Gasteiger charge is -2.14. The summed E-state index contributed by atoms with van der Waals surface area (Å²) in [5.41, 5.74) is 2.06. The van der Waals surface area contributed by atoms with Crippen LogP contribution in [0.2, 0.25) is 5.02 Å². The van der Waals surface area contributed by atoms with E-state index in [0.717, 1.165) is 11.3 Å². The van der Waals surface area contributed by atoms with Gasteiger partial charge in [-0.25, -0.2) is 0 Å². The maximum atomic E-state index is 12.5. The molecule has 1 unspecified atom stereocenters. The van der Waals surface area contributed by atoms with Crippen LogP contribution in [0.25, 0.3) is 11.4 Å². The van der Waals surface area contributed by atoms with E-state index < -0.39 is 0 Å². The van der Waals surface area contributed by atoms with Crippen LogP contribution in [0, 0.1) is 6.92 Å². The number of carbonyl (C=O) groups excluding carboxylic acids is 1. The SMILES string of the molecule is CCn1c(C)ccc(-c2noc(CCC(=O)NC(C)c3ccc(Cl)cc3)n2)c1=O. The monoisotopic (exact) mass is 414 g/mol. The van der Waals surface area contributed by atoms with Gasteiger partial charge in [-0.3, -0.25) is 9.59 Å². The van der Waals surface area contributed by atoms with Crippen molar-refractivity contribution in [3.8, 4) is 11.4 Å². The van der Waals surface area contributed by atoms with Crippen LogP contribution in [0.1, 0.15) is 43.5 Å². The van der Waals surface area contributed by atoms with Crippen molar-refractivity contribution in [2.24, 2.45) is 0 Å². The molecule has 0 aliphatic carbocycles. The molecule has 0 aliphatic rings. The van der Waals surface area contributed by atoms with E-state index in [2.05, 4.69) is 15.5 Å². The Morgan fingerprint density at radius 2 is 1.97 bits per heavy atom. The molecule has 1 atom stereocenters. The fraction of sp³-hybridized carbons (Fsp3) is 0.333. The molecular formula is C21H23ClN4O3. The van der Waals surface area contributed by atoms with Gasteiger partial charge in [0.1, 0.15) is 0 Å². The third kappa shape index (κ3) is 4.92. The zero-order valence-corrected chi connectivity index (χ0v) is 17.4. The second kappa shape index (κ2) is 9.05. The van der Waals surface area contributed by atoms with Gasteiger partial charge in [0.15, 0.2) is 0 Å². The van der Waals surface area contributed by atoms with Crippen LogP contribution in [0.3, 0.4) is 0 Å². The average molecular weight is 415 g/mol. The molecule has 3 aromatic rings. The van der Waals surface area contributed by atoms with Crippen LogP contribution in [-0.4, -0.2) is 20.6 Å². The summed E-state index contributed by atoms with van der Waals surface area (Å²) in [4.78, 5) is 29.1.